The maximum Gasteiger partial charge on any atom is 0.250 e. The number of carbonyl (C=O) groups excluding carboxylic acids is 1. The standard InChI is InChI=1S/C14H17NO/c1-5-13(16)15-10(2)14(3,4)11-8-6-7-9-12(11)15/h5-10H,1H2,2-4H3. The first kappa shape index (κ1) is 10.9. The fourth-order valence-electron chi connectivity index (χ4n) is 2.39. The first-order valence-electron chi connectivity index (χ1n) is 5.55. The Morgan fingerprint density at radius 3 is 2.69 bits per heavy atom. The van der Waals surface area contributed by atoms with E-state index in [1.54, 1.807) is 0 Å². The molecule has 1 heterocycles. The Bertz CT molecular complexity index is 448. The van der Waals surface area contributed by atoms with Gasteiger partial charge in [-0.05, 0) is 24.6 Å². The van der Waals surface area contributed by atoms with Gasteiger partial charge < -0.3 is 4.90 Å². The molecule has 1 atom stereocenters. The van der Waals surface area contributed by atoms with Crippen LogP contribution in [-0.2, 0) is 10.2 Å². The normalized spacial score (nSPS) is 21.7. The van der Waals surface area contributed by atoms with E-state index in [9.17, 15) is 4.79 Å². The highest BCUT2D eigenvalue weighted by Gasteiger charge is 2.43. The molecule has 2 rings (SSSR count). The Morgan fingerprint density at radius 1 is 1.44 bits per heavy atom. The molecule has 84 valence electrons. The molecule has 0 aliphatic carbocycles. The van der Waals surface area contributed by atoms with Crippen molar-refractivity contribution in [1.29, 1.82) is 0 Å². The number of benzene rings is 1. The average Bonchev–Trinajstić information content (AvgIpc) is 2.48. The first-order valence-corrected chi connectivity index (χ1v) is 5.55. The molecule has 1 aliphatic heterocycles. The predicted octanol–water partition coefficient (Wildman–Crippen LogP) is 2.89. The molecule has 16 heavy (non-hydrogen) atoms. The molecule has 0 saturated carbocycles. The topological polar surface area (TPSA) is 20.3 Å². The minimum absolute atomic E-state index is 0.00470. The van der Waals surface area contributed by atoms with E-state index in [-0.39, 0.29) is 17.4 Å². The van der Waals surface area contributed by atoms with E-state index >= 15 is 0 Å². The quantitative estimate of drug-likeness (QED) is 0.660. The Hall–Kier alpha value is -1.57. The third-order valence-corrected chi connectivity index (χ3v) is 3.70. The number of carbonyl (C=O) groups is 1. The second-order valence-corrected chi connectivity index (χ2v) is 4.83. The molecular weight excluding hydrogens is 198 g/mol. The fourth-order valence-corrected chi connectivity index (χ4v) is 2.39. The molecule has 1 aromatic rings. The molecule has 0 fully saturated rings. The third kappa shape index (κ3) is 1.29. The second kappa shape index (κ2) is 3.48. The van der Waals surface area contributed by atoms with Crippen LogP contribution in [0.15, 0.2) is 36.9 Å². The van der Waals surface area contributed by atoms with E-state index < -0.39 is 0 Å². The molecule has 0 radical (unpaired) electrons. The van der Waals surface area contributed by atoms with Crippen LogP contribution in [0.25, 0.3) is 0 Å². The van der Waals surface area contributed by atoms with Crippen LogP contribution >= 0.6 is 0 Å². The molecule has 0 aromatic heterocycles. The molecular formula is C14H17NO. The lowest BCUT2D eigenvalue weighted by molar-refractivity contribution is -0.114. The van der Waals surface area contributed by atoms with Crippen molar-refractivity contribution in [3.63, 3.8) is 0 Å². The number of rotatable bonds is 1. The molecule has 1 unspecified atom stereocenters. The van der Waals surface area contributed by atoms with Gasteiger partial charge in [0.2, 0.25) is 0 Å². The lowest BCUT2D eigenvalue weighted by Crippen LogP contribution is -2.41. The van der Waals surface area contributed by atoms with Crippen molar-refractivity contribution in [1.82, 2.24) is 0 Å². The highest BCUT2D eigenvalue weighted by molar-refractivity contribution is 6.03. The molecule has 1 aromatic carbocycles. The summed E-state index contributed by atoms with van der Waals surface area (Å²) in [5.74, 6) is -0.0227. The average molecular weight is 215 g/mol. The number of anilines is 1. The van der Waals surface area contributed by atoms with Crippen molar-refractivity contribution in [3.8, 4) is 0 Å². The molecule has 1 aliphatic rings. The molecule has 2 nitrogen and oxygen atoms in total. The van der Waals surface area contributed by atoms with Gasteiger partial charge in [-0.15, -0.1) is 0 Å². The lowest BCUT2D eigenvalue weighted by atomic mass is 9.81. The maximum atomic E-state index is 11.9. The maximum absolute atomic E-state index is 11.9. The zero-order valence-corrected chi connectivity index (χ0v) is 10.0. The zero-order chi connectivity index (χ0) is 11.9. The monoisotopic (exact) mass is 215 g/mol. The number of hydrogen-bond donors (Lipinski definition) is 0. The van der Waals surface area contributed by atoms with Crippen LogP contribution in [-0.4, -0.2) is 11.9 Å². The summed E-state index contributed by atoms with van der Waals surface area (Å²) in [6.45, 7) is 10.0. The van der Waals surface area contributed by atoms with Crippen molar-refractivity contribution in [3.05, 3.63) is 42.5 Å². The van der Waals surface area contributed by atoms with Gasteiger partial charge in [-0.2, -0.15) is 0 Å². The summed E-state index contributed by atoms with van der Waals surface area (Å²) < 4.78 is 0. The van der Waals surface area contributed by atoms with E-state index in [0.717, 1.165) is 5.69 Å². The summed E-state index contributed by atoms with van der Waals surface area (Å²) in [5.41, 5.74) is 2.25. The number of amides is 1. The van der Waals surface area contributed by atoms with Crippen LogP contribution in [0.4, 0.5) is 5.69 Å². The van der Waals surface area contributed by atoms with Crippen molar-refractivity contribution in [2.75, 3.05) is 4.90 Å². The van der Waals surface area contributed by atoms with Crippen molar-refractivity contribution in [2.45, 2.75) is 32.2 Å². The molecule has 0 N–H and O–H groups in total. The van der Waals surface area contributed by atoms with Gasteiger partial charge in [0.15, 0.2) is 0 Å². The highest BCUT2D eigenvalue weighted by Crippen LogP contribution is 2.44. The predicted molar refractivity (Wildman–Crippen MR) is 66.6 cm³/mol. The number of nitrogens with zero attached hydrogens (tertiary/aromatic N) is 1. The van der Waals surface area contributed by atoms with E-state index in [0.29, 0.717) is 0 Å². The van der Waals surface area contributed by atoms with Crippen LogP contribution < -0.4 is 4.90 Å². The van der Waals surface area contributed by atoms with E-state index in [4.69, 9.17) is 0 Å². The Kier molecular flexibility index (Phi) is 2.38. The summed E-state index contributed by atoms with van der Waals surface area (Å²) in [5, 5.41) is 0. The van der Waals surface area contributed by atoms with Gasteiger partial charge in [-0.25, -0.2) is 0 Å². The highest BCUT2D eigenvalue weighted by atomic mass is 16.2. The summed E-state index contributed by atoms with van der Waals surface area (Å²) >= 11 is 0. The van der Waals surface area contributed by atoms with E-state index in [1.807, 2.05) is 23.1 Å². The van der Waals surface area contributed by atoms with E-state index in [1.165, 1.54) is 11.6 Å². The zero-order valence-electron chi connectivity index (χ0n) is 10.0. The molecule has 2 heteroatoms. The second-order valence-electron chi connectivity index (χ2n) is 4.83. The van der Waals surface area contributed by atoms with Gasteiger partial charge in [-0.3, -0.25) is 4.79 Å². The van der Waals surface area contributed by atoms with Crippen molar-refractivity contribution < 1.29 is 4.79 Å². The Morgan fingerprint density at radius 2 is 2.06 bits per heavy atom. The smallest absolute Gasteiger partial charge is 0.250 e. The SMILES string of the molecule is C=CC(=O)N1c2ccccc2C(C)(C)C1C. The first-order chi connectivity index (χ1) is 7.50. The van der Waals surface area contributed by atoms with Crippen LogP contribution in [0, 0.1) is 0 Å². The number of fused-ring (bicyclic) bond motifs is 1. The van der Waals surface area contributed by atoms with Crippen LogP contribution in [0.1, 0.15) is 26.3 Å². The Labute approximate surface area is 96.6 Å². The van der Waals surface area contributed by atoms with Crippen molar-refractivity contribution >= 4 is 11.6 Å². The van der Waals surface area contributed by atoms with Gasteiger partial charge in [0.1, 0.15) is 0 Å². The summed E-state index contributed by atoms with van der Waals surface area (Å²) in [7, 11) is 0. The fraction of sp³-hybridized carbons (Fsp3) is 0.357. The number of hydrogen-bond acceptors (Lipinski definition) is 1. The van der Waals surface area contributed by atoms with Gasteiger partial charge in [0, 0.05) is 17.1 Å². The molecule has 0 bridgehead atoms. The lowest BCUT2D eigenvalue weighted by Gasteiger charge is -2.29. The van der Waals surface area contributed by atoms with Crippen molar-refractivity contribution in [2.24, 2.45) is 0 Å². The Balaban J connectivity index is 2.60. The minimum Gasteiger partial charge on any atom is -0.305 e. The van der Waals surface area contributed by atoms with E-state index in [2.05, 4.69) is 33.4 Å². The number of para-hydroxylation sites is 1. The molecule has 1 amide bonds. The van der Waals surface area contributed by atoms with Crippen LogP contribution in [0.5, 0.6) is 0 Å². The molecule has 0 saturated heterocycles. The van der Waals surface area contributed by atoms with Gasteiger partial charge >= 0.3 is 0 Å². The third-order valence-electron chi connectivity index (χ3n) is 3.70. The van der Waals surface area contributed by atoms with Gasteiger partial charge in [-0.1, -0.05) is 38.6 Å². The van der Waals surface area contributed by atoms with Gasteiger partial charge in [0.05, 0.1) is 0 Å². The summed E-state index contributed by atoms with van der Waals surface area (Å²) in [4.78, 5) is 13.7. The summed E-state index contributed by atoms with van der Waals surface area (Å²) in [6.07, 6.45) is 1.38. The minimum atomic E-state index is -0.0227. The van der Waals surface area contributed by atoms with Crippen LogP contribution in [0.3, 0.4) is 0 Å². The molecule has 0 spiro atoms. The summed E-state index contributed by atoms with van der Waals surface area (Å²) in [6, 6.07) is 8.26. The van der Waals surface area contributed by atoms with Crippen LogP contribution in [0.2, 0.25) is 0 Å². The largest absolute Gasteiger partial charge is 0.305 e. The van der Waals surface area contributed by atoms with Gasteiger partial charge in [0.25, 0.3) is 5.91 Å².